The molecule has 0 saturated carbocycles. The third-order valence-corrected chi connectivity index (χ3v) is 13.0. The minimum Gasteiger partial charge on any atom is -0.461 e. The number of Topliss-reactive ketones (excluding diaryl/α,β-unsaturated/α-hetero) is 1. The first-order chi connectivity index (χ1) is 31.1. The zero-order chi connectivity index (χ0) is 49.1. The second-order valence-electron chi connectivity index (χ2n) is 18.8. The molecule has 4 N–H and O–H groups in total. The molecule has 4 rings (SSSR count). The lowest BCUT2D eigenvalue weighted by Gasteiger charge is -2.48. The van der Waals surface area contributed by atoms with E-state index in [0.29, 0.717) is 23.4 Å². The Morgan fingerprint density at radius 2 is 1.76 bits per heavy atom. The molecule has 0 spiro atoms. The summed E-state index contributed by atoms with van der Waals surface area (Å²) in [6, 6.07) is 1.78. The van der Waals surface area contributed by atoms with Crippen molar-refractivity contribution in [3.63, 3.8) is 0 Å². The number of carbonyl (C=O) groups is 5. The number of nitrogens with two attached hydrogens (primary N) is 1. The fourth-order valence-electron chi connectivity index (χ4n) is 9.15. The number of cyclic esters (lactones) is 1. The molecule has 4 heterocycles. The lowest BCUT2D eigenvalue weighted by atomic mass is 9.73. The number of carbonyl (C=O) groups excluding carboxylic acids is 5. The van der Waals surface area contributed by atoms with Gasteiger partial charge in [0.05, 0.1) is 24.5 Å². The number of alkyl carbamates (subject to hydrolysis) is 1. The van der Waals surface area contributed by atoms with Crippen LogP contribution in [0, 0.1) is 23.7 Å². The SMILES string of the molecule is CC[C@H]1OC(=O)[C@H](C)[C@@H](OC(=O)Cc2cccnc2)[C@H](C)[C@@H](O[C@@H]2O[C@H](C)C[C@H](N(C)C)[C@H]2O)[C@](C)(OC(=O)NC/C=C/c2cnc(C(C)C)nc2)C[C@@H](C)C(=O)[C@H](C)[C@@H](N)[C@]1(C)OC=O. The molecule has 0 unspecified atom stereocenters. The Kier molecular flexibility index (Phi) is 19.3. The van der Waals surface area contributed by atoms with Crippen LogP contribution in [0.3, 0.4) is 0 Å². The zero-order valence-electron chi connectivity index (χ0n) is 40.5. The summed E-state index contributed by atoms with van der Waals surface area (Å²) in [5.74, 6) is -5.25. The quantitative estimate of drug-likeness (QED) is 0.134. The van der Waals surface area contributed by atoms with Gasteiger partial charge in [0.15, 0.2) is 11.9 Å². The van der Waals surface area contributed by atoms with Gasteiger partial charge in [-0.05, 0) is 72.7 Å². The maximum atomic E-state index is 14.6. The smallest absolute Gasteiger partial charge is 0.408 e. The van der Waals surface area contributed by atoms with Crippen LogP contribution in [0.1, 0.15) is 111 Å². The average molecular weight is 925 g/mol. The van der Waals surface area contributed by atoms with Crippen LogP contribution in [0.4, 0.5) is 4.79 Å². The summed E-state index contributed by atoms with van der Waals surface area (Å²) in [6.07, 6.45) is 2.43. The van der Waals surface area contributed by atoms with Gasteiger partial charge in [-0.15, -0.1) is 0 Å². The zero-order valence-corrected chi connectivity index (χ0v) is 40.5. The first-order valence-electron chi connectivity index (χ1n) is 22.9. The van der Waals surface area contributed by atoms with Crippen molar-refractivity contribution in [2.75, 3.05) is 20.6 Å². The normalized spacial score (nSPS) is 33.8. The van der Waals surface area contributed by atoms with Crippen LogP contribution >= 0.6 is 0 Å². The van der Waals surface area contributed by atoms with E-state index in [1.807, 2.05) is 39.8 Å². The Morgan fingerprint density at radius 3 is 2.35 bits per heavy atom. The Morgan fingerprint density at radius 1 is 1.08 bits per heavy atom. The summed E-state index contributed by atoms with van der Waals surface area (Å²) >= 11 is 0. The van der Waals surface area contributed by atoms with Gasteiger partial charge in [-0.2, -0.15) is 0 Å². The van der Waals surface area contributed by atoms with Crippen LogP contribution in [0.15, 0.2) is 43.0 Å². The number of ketones is 1. The minimum absolute atomic E-state index is 0.0140. The number of aromatic nitrogens is 3. The summed E-state index contributed by atoms with van der Waals surface area (Å²) in [6.45, 7) is 17.3. The van der Waals surface area contributed by atoms with E-state index in [2.05, 4.69) is 20.3 Å². The Hall–Kier alpha value is -4.88. The molecule has 18 nitrogen and oxygen atoms in total. The van der Waals surface area contributed by atoms with E-state index < -0.39 is 102 Å². The highest BCUT2D eigenvalue weighted by molar-refractivity contribution is 5.84. The summed E-state index contributed by atoms with van der Waals surface area (Å²) in [4.78, 5) is 83.9. The molecule has 2 aromatic rings. The third kappa shape index (κ3) is 13.4. The molecule has 1 amide bonds. The van der Waals surface area contributed by atoms with Crippen molar-refractivity contribution in [1.29, 1.82) is 0 Å². The second-order valence-corrected chi connectivity index (χ2v) is 18.8. The van der Waals surface area contributed by atoms with Crippen LogP contribution in [-0.4, -0.2) is 136 Å². The van der Waals surface area contributed by atoms with Crippen LogP contribution < -0.4 is 11.1 Å². The molecule has 0 radical (unpaired) electrons. The van der Waals surface area contributed by atoms with Gasteiger partial charge in [0, 0.05) is 66.6 Å². The van der Waals surface area contributed by atoms with Gasteiger partial charge >= 0.3 is 18.0 Å². The molecular formula is C48H72N6O12. The van der Waals surface area contributed by atoms with E-state index in [0.717, 1.165) is 0 Å². The molecule has 0 aromatic carbocycles. The van der Waals surface area contributed by atoms with E-state index >= 15 is 0 Å². The standard InChI is InChI=1S/C48H72N6O12/c1-13-36-48(10,61-26-55)41(49)30(6)38(57)28(4)22-47(9,66-46(60)51-19-15-17-34-24-52-43(27(2)3)53-25-34)42(65-45-39(58)35(54(11)12)20-29(5)62-45)31(7)40(32(8)44(59)63-36)64-37(56)21-33-16-14-18-50-23-33/h14-18,23-32,35-36,39-42,45,58H,13,19-22,49H2,1-12H3,(H,51,60)/b17-15+/t28-,29-,30+,31+,32-,35+,36-,39-,40+,41-,42-,45+,47-,48-/m1/s1. The summed E-state index contributed by atoms with van der Waals surface area (Å²) < 4.78 is 37.5. The van der Waals surface area contributed by atoms with Gasteiger partial charge in [0.2, 0.25) is 0 Å². The van der Waals surface area contributed by atoms with E-state index in [9.17, 15) is 29.1 Å². The van der Waals surface area contributed by atoms with Crippen molar-refractivity contribution in [3.05, 3.63) is 59.9 Å². The fraction of sp³-hybridized carbons (Fsp3) is 0.667. The minimum atomic E-state index is -1.79. The summed E-state index contributed by atoms with van der Waals surface area (Å²) in [5.41, 5.74) is 4.60. The largest absolute Gasteiger partial charge is 0.461 e. The Labute approximate surface area is 389 Å². The number of ether oxygens (including phenoxy) is 6. The maximum Gasteiger partial charge on any atom is 0.408 e. The molecule has 2 aromatic heterocycles. The first kappa shape index (κ1) is 53.7. The van der Waals surface area contributed by atoms with Crippen molar-refractivity contribution in [3.8, 4) is 0 Å². The van der Waals surface area contributed by atoms with Gasteiger partial charge in [0.25, 0.3) is 6.47 Å². The number of esters is 2. The number of nitrogens with zero attached hydrogens (tertiary/aromatic N) is 4. The highest BCUT2D eigenvalue weighted by atomic mass is 16.7. The number of hydrogen-bond donors (Lipinski definition) is 3. The Balaban J connectivity index is 1.87. The molecule has 2 fully saturated rings. The molecule has 366 valence electrons. The van der Waals surface area contributed by atoms with E-state index in [1.165, 1.54) is 20.0 Å². The van der Waals surface area contributed by atoms with Crippen molar-refractivity contribution in [2.24, 2.45) is 29.4 Å². The number of amides is 1. The molecule has 2 aliphatic rings. The van der Waals surface area contributed by atoms with E-state index in [1.54, 1.807) is 77.5 Å². The highest BCUT2D eigenvalue weighted by Gasteiger charge is 2.54. The average Bonchev–Trinajstić information content (AvgIpc) is 3.27. The highest BCUT2D eigenvalue weighted by Crippen LogP contribution is 2.41. The molecule has 18 heteroatoms. The third-order valence-electron chi connectivity index (χ3n) is 13.0. The van der Waals surface area contributed by atoms with Crippen LogP contribution in [0.2, 0.25) is 0 Å². The first-order valence-corrected chi connectivity index (χ1v) is 22.9. The monoisotopic (exact) mass is 925 g/mol. The lowest BCUT2D eigenvalue weighted by molar-refractivity contribution is -0.298. The molecule has 2 aliphatic heterocycles. The van der Waals surface area contributed by atoms with E-state index in [4.69, 9.17) is 34.2 Å². The lowest BCUT2D eigenvalue weighted by Crippen LogP contribution is -2.63. The van der Waals surface area contributed by atoms with Crippen LogP contribution in [0.25, 0.3) is 6.08 Å². The number of aliphatic hydroxyl groups is 1. The predicted molar refractivity (Wildman–Crippen MR) is 243 cm³/mol. The summed E-state index contributed by atoms with van der Waals surface area (Å²) in [5, 5.41) is 14.6. The number of pyridine rings is 1. The van der Waals surface area contributed by atoms with Crippen molar-refractivity contribution >= 4 is 36.4 Å². The van der Waals surface area contributed by atoms with Crippen molar-refractivity contribution in [2.45, 2.75) is 161 Å². The number of nitrogens with one attached hydrogen (secondary N) is 1. The molecule has 0 aliphatic carbocycles. The molecule has 0 bridgehead atoms. The number of rotatable bonds is 14. The van der Waals surface area contributed by atoms with Crippen LogP contribution in [-0.2, 0) is 54.0 Å². The van der Waals surface area contributed by atoms with Gasteiger partial charge < -0.3 is 49.5 Å². The number of hydrogen-bond acceptors (Lipinski definition) is 17. The second kappa shape index (κ2) is 23.7. The van der Waals surface area contributed by atoms with Gasteiger partial charge in [-0.25, -0.2) is 14.8 Å². The predicted octanol–water partition coefficient (Wildman–Crippen LogP) is 4.56. The maximum absolute atomic E-state index is 14.6. The molecule has 14 atom stereocenters. The number of likely N-dealkylation sites (N-methyl/N-ethyl adjacent to an activating group) is 1. The van der Waals surface area contributed by atoms with Gasteiger partial charge in [-0.1, -0.05) is 59.8 Å². The molecular weight excluding hydrogens is 853 g/mol. The summed E-state index contributed by atoms with van der Waals surface area (Å²) in [7, 11) is 3.65. The van der Waals surface area contributed by atoms with E-state index in [-0.39, 0.29) is 44.0 Å². The van der Waals surface area contributed by atoms with Crippen molar-refractivity contribution in [1.82, 2.24) is 25.2 Å². The van der Waals surface area contributed by atoms with Gasteiger partial charge in [0.1, 0.15) is 41.6 Å². The van der Waals surface area contributed by atoms with Gasteiger partial charge in [-0.3, -0.25) is 24.2 Å². The van der Waals surface area contributed by atoms with Crippen molar-refractivity contribution < 1.29 is 57.5 Å². The Bertz CT molecular complexity index is 1950. The molecule has 66 heavy (non-hydrogen) atoms. The fourth-order valence-corrected chi connectivity index (χ4v) is 9.15. The molecule has 2 saturated heterocycles. The van der Waals surface area contributed by atoms with Crippen LogP contribution in [0.5, 0.6) is 0 Å². The topological polar surface area (TPSA) is 241 Å². The number of aliphatic hydroxyl groups excluding tert-OH is 1.